The number of alkyl halides is 1. The van der Waals surface area contributed by atoms with Gasteiger partial charge in [-0.1, -0.05) is 0 Å². The van der Waals surface area contributed by atoms with Crippen LogP contribution in [-0.2, 0) is 0 Å². The van der Waals surface area contributed by atoms with Crippen LogP contribution in [0.2, 0.25) is 0 Å². The molecule has 0 aliphatic carbocycles. The van der Waals surface area contributed by atoms with Crippen molar-refractivity contribution in [2.45, 2.75) is 25.1 Å². The van der Waals surface area contributed by atoms with E-state index in [9.17, 15) is 4.39 Å². The van der Waals surface area contributed by atoms with E-state index in [1.54, 1.807) is 0 Å². The van der Waals surface area contributed by atoms with E-state index in [0.717, 1.165) is 13.0 Å². The maximum absolute atomic E-state index is 13.1. The summed E-state index contributed by atoms with van der Waals surface area (Å²) in [7, 11) is 4.21. The molecule has 0 aromatic heterocycles. The van der Waals surface area contributed by atoms with Crippen molar-refractivity contribution < 1.29 is 4.39 Å². The molecule has 76 valence electrons. The Balaban J connectivity index is 1.93. The standard InChI is InChI=1S/C10H19FN2/c1-12-4-3-8(6-12)10-5-9(11)7-13(10)2/h8-10H,3-7H2,1-2H3. The summed E-state index contributed by atoms with van der Waals surface area (Å²) >= 11 is 0. The number of hydrogen-bond acceptors (Lipinski definition) is 2. The fourth-order valence-electron chi connectivity index (χ4n) is 2.80. The van der Waals surface area contributed by atoms with Crippen LogP contribution in [0.1, 0.15) is 12.8 Å². The molecule has 2 fully saturated rings. The molecule has 2 nitrogen and oxygen atoms in total. The summed E-state index contributed by atoms with van der Waals surface area (Å²) in [5.41, 5.74) is 0. The van der Waals surface area contributed by atoms with Crippen molar-refractivity contribution in [3.63, 3.8) is 0 Å². The molecule has 0 bridgehead atoms. The number of halogens is 1. The first kappa shape index (κ1) is 9.41. The van der Waals surface area contributed by atoms with Crippen molar-refractivity contribution in [3.05, 3.63) is 0 Å². The second-order valence-corrected chi connectivity index (χ2v) is 4.65. The lowest BCUT2D eigenvalue weighted by atomic mass is 9.97. The molecule has 3 heteroatoms. The number of rotatable bonds is 1. The van der Waals surface area contributed by atoms with E-state index in [4.69, 9.17) is 0 Å². The highest BCUT2D eigenvalue weighted by molar-refractivity contribution is 4.91. The normalized spacial score (nSPS) is 43.2. The van der Waals surface area contributed by atoms with Crippen molar-refractivity contribution in [1.29, 1.82) is 0 Å². The van der Waals surface area contributed by atoms with Gasteiger partial charge in [-0.2, -0.15) is 0 Å². The third kappa shape index (κ3) is 1.86. The van der Waals surface area contributed by atoms with Gasteiger partial charge in [0, 0.05) is 19.1 Å². The zero-order chi connectivity index (χ0) is 9.42. The van der Waals surface area contributed by atoms with Crippen LogP contribution in [0.3, 0.4) is 0 Å². The first-order valence-electron chi connectivity index (χ1n) is 5.19. The molecule has 3 unspecified atom stereocenters. The first-order valence-corrected chi connectivity index (χ1v) is 5.19. The largest absolute Gasteiger partial charge is 0.306 e. The number of hydrogen-bond donors (Lipinski definition) is 0. The highest BCUT2D eigenvalue weighted by atomic mass is 19.1. The van der Waals surface area contributed by atoms with E-state index in [1.165, 1.54) is 13.0 Å². The molecule has 0 aromatic rings. The Morgan fingerprint density at radius 1 is 1.23 bits per heavy atom. The van der Waals surface area contributed by atoms with Crippen molar-refractivity contribution in [2.75, 3.05) is 33.7 Å². The molecule has 2 rings (SSSR count). The quantitative estimate of drug-likeness (QED) is 0.602. The summed E-state index contributed by atoms with van der Waals surface area (Å²) in [6.07, 6.45) is 1.42. The van der Waals surface area contributed by atoms with Crippen LogP contribution >= 0.6 is 0 Å². The average Bonchev–Trinajstić information content (AvgIpc) is 2.58. The van der Waals surface area contributed by atoms with Crippen molar-refractivity contribution >= 4 is 0 Å². The molecule has 2 aliphatic rings. The Bertz CT molecular complexity index is 186. The Morgan fingerprint density at radius 3 is 2.46 bits per heavy atom. The van der Waals surface area contributed by atoms with Gasteiger partial charge in [0.15, 0.2) is 0 Å². The van der Waals surface area contributed by atoms with E-state index in [0.29, 0.717) is 18.5 Å². The molecule has 2 heterocycles. The summed E-state index contributed by atoms with van der Waals surface area (Å²) in [6.45, 7) is 2.98. The third-order valence-corrected chi connectivity index (χ3v) is 3.52. The molecule has 2 aliphatic heterocycles. The van der Waals surface area contributed by atoms with Gasteiger partial charge in [-0.05, 0) is 39.4 Å². The van der Waals surface area contributed by atoms with Gasteiger partial charge < -0.3 is 9.80 Å². The Morgan fingerprint density at radius 2 is 2.00 bits per heavy atom. The zero-order valence-corrected chi connectivity index (χ0v) is 8.54. The van der Waals surface area contributed by atoms with Crippen molar-refractivity contribution in [3.8, 4) is 0 Å². The van der Waals surface area contributed by atoms with Gasteiger partial charge in [0.1, 0.15) is 6.17 Å². The Kier molecular flexibility index (Phi) is 2.56. The average molecular weight is 186 g/mol. The predicted molar refractivity (Wildman–Crippen MR) is 51.5 cm³/mol. The van der Waals surface area contributed by atoms with Crippen LogP contribution < -0.4 is 0 Å². The monoisotopic (exact) mass is 186 g/mol. The molecule has 13 heavy (non-hydrogen) atoms. The lowest BCUT2D eigenvalue weighted by Gasteiger charge is -2.25. The molecule has 0 spiro atoms. The van der Waals surface area contributed by atoms with Gasteiger partial charge in [-0.15, -0.1) is 0 Å². The van der Waals surface area contributed by atoms with Crippen LogP contribution in [0.4, 0.5) is 4.39 Å². The van der Waals surface area contributed by atoms with Crippen molar-refractivity contribution in [2.24, 2.45) is 5.92 Å². The van der Waals surface area contributed by atoms with E-state index >= 15 is 0 Å². The third-order valence-electron chi connectivity index (χ3n) is 3.52. The van der Waals surface area contributed by atoms with Crippen molar-refractivity contribution in [1.82, 2.24) is 9.80 Å². The number of nitrogens with zero attached hydrogens (tertiary/aromatic N) is 2. The second-order valence-electron chi connectivity index (χ2n) is 4.65. The lowest BCUT2D eigenvalue weighted by Crippen LogP contribution is -2.33. The minimum absolute atomic E-state index is 0.500. The minimum Gasteiger partial charge on any atom is -0.306 e. The van der Waals surface area contributed by atoms with Gasteiger partial charge in [-0.3, -0.25) is 0 Å². The van der Waals surface area contributed by atoms with Gasteiger partial charge in [0.05, 0.1) is 0 Å². The maximum Gasteiger partial charge on any atom is 0.114 e. The summed E-state index contributed by atoms with van der Waals surface area (Å²) in [5.74, 6) is 0.704. The maximum atomic E-state index is 13.1. The van der Waals surface area contributed by atoms with Crippen LogP contribution in [0.15, 0.2) is 0 Å². The SMILES string of the molecule is CN1CCC(C2CC(F)CN2C)C1. The highest BCUT2D eigenvalue weighted by Gasteiger charge is 2.37. The molecule has 3 atom stereocenters. The fourth-order valence-corrected chi connectivity index (χ4v) is 2.80. The molecular weight excluding hydrogens is 167 g/mol. The lowest BCUT2D eigenvalue weighted by molar-refractivity contribution is 0.226. The van der Waals surface area contributed by atoms with E-state index in [2.05, 4.69) is 23.9 Å². The van der Waals surface area contributed by atoms with Gasteiger partial charge in [0.25, 0.3) is 0 Å². The molecule has 0 N–H and O–H groups in total. The Labute approximate surface area is 79.7 Å². The molecule has 0 saturated carbocycles. The molecular formula is C10H19FN2. The summed E-state index contributed by atoms with van der Waals surface area (Å²) in [5, 5.41) is 0. The Hall–Kier alpha value is -0.150. The van der Waals surface area contributed by atoms with E-state index < -0.39 is 6.17 Å². The van der Waals surface area contributed by atoms with Gasteiger partial charge in [-0.25, -0.2) is 4.39 Å². The summed E-state index contributed by atoms with van der Waals surface area (Å²) in [4.78, 5) is 4.55. The van der Waals surface area contributed by atoms with E-state index in [1.807, 2.05) is 0 Å². The first-order chi connectivity index (χ1) is 6.16. The van der Waals surface area contributed by atoms with Crippen LogP contribution in [-0.4, -0.2) is 55.7 Å². The zero-order valence-electron chi connectivity index (χ0n) is 8.54. The fraction of sp³-hybridized carbons (Fsp3) is 1.00. The van der Waals surface area contributed by atoms with Gasteiger partial charge >= 0.3 is 0 Å². The van der Waals surface area contributed by atoms with E-state index in [-0.39, 0.29) is 0 Å². The minimum atomic E-state index is -0.582. The molecule has 0 aromatic carbocycles. The number of likely N-dealkylation sites (tertiary alicyclic amines) is 2. The summed E-state index contributed by atoms with van der Waals surface area (Å²) < 4.78 is 13.1. The second kappa shape index (κ2) is 3.54. The highest BCUT2D eigenvalue weighted by Crippen LogP contribution is 2.29. The molecule has 0 radical (unpaired) electrons. The molecule has 2 saturated heterocycles. The smallest absolute Gasteiger partial charge is 0.114 e. The summed E-state index contributed by atoms with van der Waals surface area (Å²) in [6, 6.07) is 0.500. The van der Waals surface area contributed by atoms with Crippen LogP contribution in [0.5, 0.6) is 0 Å². The van der Waals surface area contributed by atoms with Crippen LogP contribution in [0, 0.1) is 5.92 Å². The van der Waals surface area contributed by atoms with Crippen LogP contribution in [0.25, 0.3) is 0 Å². The van der Waals surface area contributed by atoms with Gasteiger partial charge in [0.2, 0.25) is 0 Å². The molecule has 0 amide bonds. The predicted octanol–water partition coefficient (Wildman–Crippen LogP) is 0.980. The topological polar surface area (TPSA) is 6.48 Å².